The molecule has 0 spiro atoms. The van der Waals surface area contributed by atoms with Gasteiger partial charge < -0.3 is 4.90 Å². The van der Waals surface area contributed by atoms with Crippen LogP contribution in [0.15, 0.2) is 62.7 Å². The highest BCUT2D eigenvalue weighted by Gasteiger charge is 2.36. The van der Waals surface area contributed by atoms with Crippen molar-refractivity contribution in [3.8, 4) is 17.1 Å². The summed E-state index contributed by atoms with van der Waals surface area (Å²) < 4.78 is 45.1. The summed E-state index contributed by atoms with van der Waals surface area (Å²) in [6.07, 6.45) is -2.10. The van der Waals surface area contributed by atoms with Gasteiger partial charge in [0.2, 0.25) is 0 Å². The minimum atomic E-state index is -4.64. The Labute approximate surface area is 277 Å². The van der Waals surface area contributed by atoms with Gasteiger partial charge >= 0.3 is 11.9 Å². The molecule has 1 unspecified atom stereocenters. The highest BCUT2D eigenvalue weighted by molar-refractivity contribution is 9.10. The van der Waals surface area contributed by atoms with Crippen LogP contribution in [0.1, 0.15) is 67.4 Å². The molecule has 0 saturated heterocycles. The third-order valence-electron chi connectivity index (χ3n) is 8.02. The number of nitrogens with one attached hydrogen (secondary N) is 1. The Hall–Kier alpha value is -4.46. The van der Waals surface area contributed by atoms with Gasteiger partial charge in [0, 0.05) is 39.8 Å². The number of carbonyl (C=O) groups excluding carboxylic acids is 1. The molecule has 1 atom stereocenters. The fraction of sp³-hybridized carbons (Fsp3) is 0.364. The van der Waals surface area contributed by atoms with Crippen LogP contribution in [0, 0.1) is 5.92 Å². The van der Waals surface area contributed by atoms with E-state index < -0.39 is 23.7 Å². The van der Waals surface area contributed by atoms with E-state index in [4.69, 9.17) is 0 Å². The maximum Gasteiger partial charge on any atom is 0.417 e. The van der Waals surface area contributed by atoms with E-state index in [0.29, 0.717) is 40.4 Å². The van der Waals surface area contributed by atoms with Crippen molar-refractivity contribution in [1.82, 2.24) is 33.8 Å². The molecule has 1 amide bonds. The fourth-order valence-corrected chi connectivity index (χ4v) is 6.29. The van der Waals surface area contributed by atoms with E-state index in [1.165, 1.54) is 21.7 Å². The molecular weight excluding hydrogens is 679 g/mol. The van der Waals surface area contributed by atoms with Crippen molar-refractivity contribution < 1.29 is 18.0 Å². The predicted molar refractivity (Wildman–Crippen MR) is 176 cm³/mol. The van der Waals surface area contributed by atoms with Crippen LogP contribution in [0.3, 0.4) is 0 Å². The molecule has 0 fully saturated rings. The number of aryl methyl sites for hydroxylation is 1. The van der Waals surface area contributed by atoms with Crippen LogP contribution in [0.4, 0.5) is 13.2 Å². The van der Waals surface area contributed by atoms with Crippen molar-refractivity contribution in [3.05, 3.63) is 102 Å². The number of halogens is 4. The Bertz CT molecular complexity index is 2070. The zero-order valence-electron chi connectivity index (χ0n) is 26.8. The topological polar surface area (TPSA) is 110 Å². The molecule has 47 heavy (non-hydrogen) atoms. The lowest BCUT2D eigenvalue weighted by molar-refractivity contribution is -0.138. The molecular formula is C33H35BrF3N7O3. The molecule has 2 aromatic carbocycles. The molecule has 0 saturated carbocycles. The van der Waals surface area contributed by atoms with Crippen molar-refractivity contribution in [3.63, 3.8) is 0 Å². The maximum atomic E-state index is 14.3. The van der Waals surface area contributed by atoms with Crippen molar-refractivity contribution in [2.75, 3.05) is 0 Å². The molecule has 0 bridgehead atoms. The Morgan fingerprint density at radius 3 is 2.38 bits per heavy atom. The molecule has 1 N–H and O–H groups in total. The summed E-state index contributed by atoms with van der Waals surface area (Å²) in [5, 5.41) is 8.85. The Morgan fingerprint density at radius 2 is 1.79 bits per heavy atom. The van der Waals surface area contributed by atoms with E-state index in [2.05, 4.69) is 45.0 Å². The molecule has 3 aromatic heterocycles. The van der Waals surface area contributed by atoms with Crippen molar-refractivity contribution in [2.45, 2.75) is 66.2 Å². The third-order valence-corrected chi connectivity index (χ3v) is 8.71. The van der Waals surface area contributed by atoms with Gasteiger partial charge in [-0.2, -0.15) is 23.4 Å². The number of fused-ring (bicyclic) bond motifs is 3. The lowest BCUT2D eigenvalue weighted by Gasteiger charge is -2.35. The summed E-state index contributed by atoms with van der Waals surface area (Å²) in [4.78, 5) is 44.0. The molecule has 6 rings (SSSR count). The van der Waals surface area contributed by atoms with Gasteiger partial charge in [-0.15, -0.1) is 0 Å². The average molecular weight is 715 g/mol. The standard InChI is InChI=1S/C31H29BrF3N7O3.C2H6/c1-16(2)11-20-14-36-42-25-15-40(28(43)19-7-10-24(32)23(13-19)31(33,34)35)17(3)12-22(25)29(44)41(27(20)42)21-8-5-18(6-9-21)26-37-30(45)39(4)38-26;1-2/h5-10,13-14,16-17H,11-12,15H2,1-4H3,(H,37,38,45);1-2H3. The summed E-state index contributed by atoms with van der Waals surface area (Å²) in [5.41, 5.74) is 1.99. The van der Waals surface area contributed by atoms with E-state index in [1.54, 1.807) is 53.5 Å². The summed E-state index contributed by atoms with van der Waals surface area (Å²) in [6, 6.07) is 10.0. The largest absolute Gasteiger partial charge is 0.417 e. The van der Waals surface area contributed by atoms with Crippen LogP contribution < -0.4 is 11.2 Å². The monoisotopic (exact) mass is 713 g/mol. The number of aromatic amines is 1. The second-order valence-electron chi connectivity index (χ2n) is 11.7. The minimum absolute atomic E-state index is 0.00585. The first-order valence-corrected chi connectivity index (χ1v) is 16.1. The van der Waals surface area contributed by atoms with Crippen LogP contribution in [0.2, 0.25) is 0 Å². The molecule has 4 heterocycles. The zero-order chi connectivity index (χ0) is 34.4. The Morgan fingerprint density at radius 1 is 1.11 bits per heavy atom. The van der Waals surface area contributed by atoms with E-state index in [9.17, 15) is 27.6 Å². The van der Waals surface area contributed by atoms with Crippen molar-refractivity contribution >= 4 is 27.5 Å². The summed E-state index contributed by atoms with van der Waals surface area (Å²) >= 11 is 2.93. The van der Waals surface area contributed by atoms with Gasteiger partial charge in [0.05, 0.1) is 29.7 Å². The van der Waals surface area contributed by atoms with Crippen LogP contribution in [-0.4, -0.2) is 45.8 Å². The van der Waals surface area contributed by atoms with Gasteiger partial charge in [0.15, 0.2) is 5.82 Å². The first-order chi connectivity index (χ1) is 22.2. The number of hydrogen-bond donors (Lipinski definition) is 1. The number of rotatable bonds is 5. The fourth-order valence-electron chi connectivity index (χ4n) is 5.82. The van der Waals surface area contributed by atoms with Crippen LogP contribution >= 0.6 is 15.9 Å². The number of aromatic nitrogens is 6. The Kier molecular flexibility index (Phi) is 9.36. The van der Waals surface area contributed by atoms with E-state index in [1.807, 2.05) is 13.8 Å². The maximum absolute atomic E-state index is 14.3. The van der Waals surface area contributed by atoms with Gasteiger partial charge in [-0.05, 0) is 68.1 Å². The SMILES string of the molecule is CC.CC(C)Cc1cnn2c3c(c(=O)n(-c4ccc(-c5nn(C)c(=O)[nH]5)cc4)c12)CC(C)N(C(=O)c1ccc(Br)c(C(F)(F)F)c1)C3. The molecule has 0 aliphatic carbocycles. The molecule has 1 aliphatic rings. The van der Waals surface area contributed by atoms with Gasteiger partial charge in [-0.1, -0.05) is 43.6 Å². The van der Waals surface area contributed by atoms with Crippen LogP contribution in [0.25, 0.3) is 22.7 Å². The lowest BCUT2D eigenvalue weighted by Crippen LogP contribution is -2.46. The number of hydrogen-bond acceptors (Lipinski definition) is 5. The summed E-state index contributed by atoms with van der Waals surface area (Å²) in [5.74, 6) is 0.0778. The van der Waals surface area contributed by atoms with Gasteiger partial charge in [-0.25, -0.2) is 14.0 Å². The van der Waals surface area contributed by atoms with E-state index >= 15 is 0 Å². The predicted octanol–water partition coefficient (Wildman–Crippen LogP) is 6.17. The lowest BCUT2D eigenvalue weighted by atomic mass is 9.97. The van der Waals surface area contributed by atoms with Crippen LogP contribution in [-0.2, 0) is 32.6 Å². The number of nitrogens with zero attached hydrogens (tertiary/aromatic N) is 6. The van der Waals surface area contributed by atoms with Crippen molar-refractivity contribution in [1.29, 1.82) is 0 Å². The van der Waals surface area contributed by atoms with Gasteiger partial charge in [0.1, 0.15) is 5.65 Å². The zero-order valence-corrected chi connectivity index (χ0v) is 28.4. The molecule has 10 nitrogen and oxygen atoms in total. The first-order valence-electron chi connectivity index (χ1n) is 15.3. The quantitative estimate of drug-likeness (QED) is 0.235. The third kappa shape index (κ3) is 6.30. The number of carbonyl (C=O) groups is 1. The molecule has 5 aromatic rings. The van der Waals surface area contributed by atoms with Gasteiger partial charge in [0.25, 0.3) is 11.5 Å². The van der Waals surface area contributed by atoms with Crippen LogP contribution in [0.5, 0.6) is 0 Å². The molecule has 248 valence electrons. The second kappa shape index (κ2) is 13.0. The normalized spacial score (nSPS) is 14.7. The van der Waals surface area contributed by atoms with E-state index in [0.717, 1.165) is 11.6 Å². The minimum Gasteiger partial charge on any atom is -0.330 e. The highest BCUT2D eigenvalue weighted by atomic mass is 79.9. The number of H-pyrrole nitrogens is 1. The first kappa shape index (κ1) is 33.9. The summed E-state index contributed by atoms with van der Waals surface area (Å²) in [6.45, 7) is 9.88. The highest BCUT2D eigenvalue weighted by Crippen LogP contribution is 2.36. The Balaban J connectivity index is 0.00000213. The van der Waals surface area contributed by atoms with Crippen molar-refractivity contribution in [2.24, 2.45) is 13.0 Å². The number of alkyl halides is 3. The molecule has 1 aliphatic heterocycles. The van der Waals surface area contributed by atoms with Gasteiger partial charge in [-0.3, -0.25) is 19.1 Å². The number of benzene rings is 2. The van der Waals surface area contributed by atoms with E-state index in [-0.39, 0.29) is 40.2 Å². The molecule has 14 heteroatoms. The smallest absolute Gasteiger partial charge is 0.330 e. The average Bonchev–Trinajstić information content (AvgIpc) is 3.59. The molecule has 0 radical (unpaired) electrons. The number of amides is 1. The second-order valence-corrected chi connectivity index (χ2v) is 12.6. The summed E-state index contributed by atoms with van der Waals surface area (Å²) in [7, 11) is 1.55.